The molecule has 0 aliphatic carbocycles. The van der Waals surface area contributed by atoms with E-state index in [0.717, 1.165) is 12.3 Å². The van der Waals surface area contributed by atoms with Gasteiger partial charge >= 0.3 is 6.18 Å². The second kappa shape index (κ2) is 5.97. The Labute approximate surface area is 123 Å². The summed E-state index contributed by atoms with van der Waals surface area (Å²) in [4.78, 5) is 3.74. The third-order valence-corrected chi connectivity index (χ3v) is 2.96. The monoisotopic (exact) mass is 309 g/mol. The van der Waals surface area contributed by atoms with Gasteiger partial charge in [-0.2, -0.15) is 13.2 Å². The third kappa shape index (κ3) is 2.98. The molecule has 1 aromatic heterocycles. The van der Waals surface area contributed by atoms with E-state index in [9.17, 15) is 17.6 Å². The van der Waals surface area contributed by atoms with Crippen molar-refractivity contribution in [2.24, 2.45) is 0 Å². The van der Waals surface area contributed by atoms with Crippen LogP contribution >= 0.6 is 0 Å². The zero-order chi connectivity index (χ0) is 16.3. The Hall–Kier alpha value is -2.70. The van der Waals surface area contributed by atoms with E-state index >= 15 is 0 Å². The highest BCUT2D eigenvalue weighted by Crippen LogP contribution is 2.32. The molecule has 0 saturated heterocycles. The molecule has 0 amide bonds. The van der Waals surface area contributed by atoms with Gasteiger partial charge in [-0.05, 0) is 6.07 Å². The standard InChI is InChI=1S/C15H11F4N3/c1-2-9(6-20)14(15(17,18)19)22-13-8-21-7-11-10(13)4-3-5-12(11)16/h2-8,20,22H,1H2/b14-9-,20-6?. The average molecular weight is 309 g/mol. The maximum absolute atomic E-state index is 13.7. The van der Waals surface area contributed by atoms with E-state index in [1.807, 2.05) is 0 Å². The van der Waals surface area contributed by atoms with Gasteiger partial charge in [-0.15, -0.1) is 0 Å². The second-order valence-corrected chi connectivity index (χ2v) is 4.32. The van der Waals surface area contributed by atoms with Crippen LogP contribution in [0, 0.1) is 11.2 Å². The molecule has 1 aromatic carbocycles. The van der Waals surface area contributed by atoms with E-state index in [1.165, 1.54) is 24.4 Å². The molecule has 2 N–H and O–H groups in total. The Morgan fingerprint density at radius 2 is 1.95 bits per heavy atom. The van der Waals surface area contributed by atoms with Crippen LogP contribution in [0.4, 0.5) is 23.2 Å². The van der Waals surface area contributed by atoms with Gasteiger partial charge in [0.25, 0.3) is 0 Å². The molecule has 0 radical (unpaired) electrons. The summed E-state index contributed by atoms with van der Waals surface area (Å²) in [6, 6.07) is 4.07. The zero-order valence-corrected chi connectivity index (χ0v) is 11.2. The molecule has 0 spiro atoms. The Kier molecular flexibility index (Phi) is 4.25. The highest BCUT2D eigenvalue weighted by atomic mass is 19.4. The number of alkyl halides is 3. The molecule has 22 heavy (non-hydrogen) atoms. The minimum atomic E-state index is -4.73. The van der Waals surface area contributed by atoms with Crippen LogP contribution in [0.1, 0.15) is 0 Å². The topological polar surface area (TPSA) is 48.8 Å². The van der Waals surface area contributed by atoms with Gasteiger partial charge in [0.2, 0.25) is 0 Å². The van der Waals surface area contributed by atoms with E-state index < -0.39 is 23.3 Å². The smallest absolute Gasteiger partial charge is 0.349 e. The van der Waals surface area contributed by atoms with Crippen LogP contribution < -0.4 is 5.32 Å². The van der Waals surface area contributed by atoms with E-state index in [-0.39, 0.29) is 16.5 Å². The van der Waals surface area contributed by atoms with Crippen LogP contribution in [0.25, 0.3) is 10.8 Å². The first kappa shape index (κ1) is 15.7. The minimum Gasteiger partial charge on any atom is -0.349 e. The Bertz CT molecular complexity index is 753. The average Bonchev–Trinajstić information content (AvgIpc) is 2.47. The van der Waals surface area contributed by atoms with Crippen molar-refractivity contribution in [3.8, 4) is 0 Å². The number of allylic oxidation sites excluding steroid dienone is 3. The number of rotatable bonds is 4. The van der Waals surface area contributed by atoms with Gasteiger partial charge in [-0.3, -0.25) is 4.98 Å². The quantitative estimate of drug-likeness (QED) is 0.498. The van der Waals surface area contributed by atoms with E-state index in [0.29, 0.717) is 6.21 Å². The number of anilines is 1. The number of nitrogens with zero attached hydrogens (tertiary/aromatic N) is 1. The molecular weight excluding hydrogens is 298 g/mol. The third-order valence-electron chi connectivity index (χ3n) is 2.96. The molecule has 2 rings (SSSR count). The normalized spacial score (nSPS) is 12.7. The van der Waals surface area contributed by atoms with Gasteiger partial charge in [0.05, 0.1) is 11.9 Å². The molecule has 0 aliphatic rings. The number of nitrogens with one attached hydrogen (secondary N) is 2. The van der Waals surface area contributed by atoms with Crippen molar-refractivity contribution in [2.45, 2.75) is 6.18 Å². The zero-order valence-electron chi connectivity index (χ0n) is 11.2. The lowest BCUT2D eigenvalue weighted by Crippen LogP contribution is -2.21. The second-order valence-electron chi connectivity index (χ2n) is 4.32. The van der Waals surface area contributed by atoms with Crippen molar-refractivity contribution >= 4 is 22.7 Å². The summed E-state index contributed by atoms with van der Waals surface area (Å²) in [5, 5.41) is 9.61. The molecule has 0 saturated carbocycles. The Morgan fingerprint density at radius 1 is 1.23 bits per heavy atom. The van der Waals surface area contributed by atoms with Gasteiger partial charge < -0.3 is 10.7 Å². The van der Waals surface area contributed by atoms with Crippen molar-refractivity contribution in [2.75, 3.05) is 5.32 Å². The van der Waals surface area contributed by atoms with Gasteiger partial charge in [-0.25, -0.2) is 4.39 Å². The summed E-state index contributed by atoms with van der Waals surface area (Å²) >= 11 is 0. The summed E-state index contributed by atoms with van der Waals surface area (Å²) < 4.78 is 53.1. The Morgan fingerprint density at radius 3 is 2.55 bits per heavy atom. The number of aromatic nitrogens is 1. The molecule has 0 bridgehead atoms. The molecule has 0 unspecified atom stereocenters. The molecule has 0 fully saturated rings. The molecule has 0 aliphatic heterocycles. The first-order valence-corrected chi connectivity index (χ1v) is 6.12. The molecule has 2 aromatic rings. The lowest BCUT2D eigenvalue weighted by Gasteiger charge is -2.17. The molecule has 114 valence electrons. The van der Waals surface area contributed by atoms with Crippen molar-refractivity contribution in [1.29, 1.82) is 5.41 Å². The first-order valence-electron chi connectivity index (χ1n) is 6.12. The Balaban J connectivity index is 2.62. The molecule has 3 nitrogen and oxygen atoms in total. The summed E-state index contributed by atoms with van der Waals surface area (Å²) in [6.45, 7) is 3.26. The molecule has 0 atom stereocenters. The summed E-state index contributed by atoms with van der Waals surface area (Å²) in [7, 11) is 0. The van der Waals surface area contributed by atoms with E-state index in [4.69, 9.17) is 5.41 Å². The lowest BCUT2D eigenvalue weighted by molar-refractivity contribution is -0.0905. The van der Waals surface area contributed by atoms with Crippen molar-refractivity contribution in [1.82, 2.24) is 4.98 Å². The van der Waals surface area contributed by atoms with Gasteiger partial charge in [0.15, 0.2) is 0 Å². The maximum atomic E-state index is 13.7. The molecule has 1 heterocycles. The molecule has 7 heteroatoms. The fraction of sp³-hybridized carbons (Fsp3) is 0.0667. The van der Waals surface area contributed by atoms with Crippen molar-refractivity contribution in [3.05, 3.63) is 60.3 Å². The fourth-order valence-electron chi connectivity index (χ4n) is 1.93. The fourth-order valence-corrected chi connectivity index (χ4v) is 1.93. The van der Waals surface area contributed by atoms with Crippen LogP contribution in [0.3, 0.4) is 0 Å². The van der Waals surface area contributed by atoms with Gasteiger partial charge in [0.1, 0.15) is 11.5 Å². The van der Waals surface area contributed by atoms with Crippen molar-refractivity contribution in [3.63, 3.8) is 0 Å². The van der Waals surface area contributed by atoms with Gasteiger partial charge in [0, 0.05) is 28.8 Å². The summed E-state index contributed by atoms with van der Waals surface area (Å²) in [5.74, 6) is -0.581. The van der Waals surface area contributed by atoms with E-state index in [2.05, 4.69) is 16.9 Å². The van der Waals surface area contributed by atoms with Crippen LogP contribution in [0.15, 0.2) is 54.5 Å². The predicted molar refractivity (Wildman–Crippen MR) is 77.4 cm³/mol. The number of fused-ring (bicyclic) bond motifs is 1. The SMILES string of the molecule is C=C/C(C=N)=C(/Nc1cncc2c(F)cccc12)C(F)(F)F. The van der Waals surface area contributed by atoms with Crippen LogP contribution in [-0.2, 0) is 0 Å². The number of benzene rings is 1. The maximum Gasteiger partial charge on any atom is 0.431 e. The highest BCUT2D eigenvalue weighted by Gasteiger charge is 2.36. The highest BCUT2D eigenvalue weighted by molar-refractivity contribution is 5.94. The van der Waals surface area contributed by atoms with E-state index in [1.54, 1.807) is 0 Å². The van der Waals surface area contributed by atoms with Crippen LogP contribution in [0.2, 0.25) is 0 Å². The van der Waals surface area contributed by atoms with Gasteiger partial charge in [-0.1, -0.05) is 24.8 Å². The minimum absolute atomic E-state index is 0.00877. The summed E-state index contributed by atoms with van der Waals surface area (Å²) in [5.41, 5.74) is -1.59. The van der Waals surface area contributed by atoms with Crippen molar-refractivity contribution < 1.29 is 17.6 Å². The number of hydrogen-bond donors (Lipinski definition) is 2. The number of hydrogen-bond acceptors (Lipinski definition) is 3. The number of halogens is 4. The number of pyridine rings is 1. The first-order chi connectivity index (χ1) is 10.4. The predicted octanol–water partition coefficient (Wildman–Crippen LogP) is 4.44. The molecular formula is C15H11F4N3. The summed E-state index contributed by atoms with van der Waals surface area (Å²) in [6.07, 6.45) is -0.865. The van der Waals surface area contributed by atoms with Crippen LogP contribution in [-0.4, -0.2) is 17.4 Å². The van der Waals surface area contributed by atoms with Crippen LogP contribution in [0.5, 0.6) is 0 Å². The lowest BCUT2D eigenvalue weighted by atomic mass is 10.1. The largest absolute Gasteiger partial charge is 0.431 e.